The Hall–Kier alpha value is -3.30. The number of nitrogens with one attached hydrogen (secondary N) is 5. The molecule has 0 unspecified atom stereocenters. The fourth-order valence-electron chi connectivity index (χ4n) is 2.87. The van der Waals surface area contributed by atoms with E-state index in [1.807, 2.05) is 0 Å². The Morgan fingerprint density at radius 3 is 1.50 bits per heavy atom. The molecule has 11 N–H and O–H groups in total. The van der Waals surface area contributed by atoms with Gasteiger partial charge in [-0.25, -0.2) is 0 Å². The quantitative estimate of drug-likeness (QED) is 0.101. The number of nitrogens with two attached hydrogens (primary N) is 2. The maximum absolute atomic E-state index is 12.9. The molecule has 5 atom stereocenters. The van der Waals surface area contributed by atoms with E-state index in [1.165, 1.54) is 7.05 Å². The highest BCUT2D eigenvalue weighted by molar-refractivity contribution is 5.97. The molecule has 0 aliphatic rings. The third kappa shape index (κ3) is 10.5. The molecule has 0 saturated heterocycles. The standard InChI is InChI=1S/C21H39N7O8/c1-9(2)15(23)20(35)28-16(10(3)4)21(36)25-11(6-14(22)31)18(33)27-13(8-30)19(34)26-12(7-29)17(32)24-5/h9-13,15-16,29-30H,6-8,23H2,1-5H3,(H2,22,31)(H,24,32)(H,25,36)(H,26,34)(H,27,33)(H,28,35)/t11-,12-,13-,15-,16-/m0/s1. The first-order valence-electron chi connectivity index (χ1n) is 11.4. The summed E-state index contributed by atoms with van der Waals surface area (Å²) in [5.74, 6) is -5.73. The van der Waals surface area contributed by atoms with Crippen LogP contribution < -0.4 is 38.1 Å². The number of carbonyl (C=O) groups excluding carboxylic acids is 6. The molecule has 0 aliphatic heterocycles. The number of aliphatic hydroxyl groups is 2. The van der Waals surface area contributed by atoms with E-state index in [9.17, 15) is 39.0 Å². The lowest BCUT2D eigenvalue weighted by Gasteiger charge is -2.27. The van der Waals surface area contributed by atoms with Crippen LogP contribution in [0.1, 0.15) is 34.1 Å². The number of hydrogen-bond donors (Lipinski definition) is 9. The summed E-state index contributed by atoms with van der Waals surface area (Å²) < 4.78 is 0. The van der Waals surface area contributed by atoms with Crippen LogP contribution in [-0.4, -0.2) is 96.1 Å². The third-order valence-corrected chi connectivity index (χ3v) is 5.18. The summed E-state index contributed by atoms with van der Waals surface area (Å²) in [7, 11) is 1.28. The largest absolute Gasteiger partial charge is 0.394 e. The number of aliphatic hydroxyl groups excluding tert-OH is 2. The van der Waals surface area contributed by atoms with Crippen LogP contribution in [0.15, 0.2) is 0 Å². The zero-order valence-corrected chi connectivity index (χ0v) is 21.2. The smallest absolute Gasteiger partial charge is 0.245 e. The van der Waals surface area contributed by atoms with Crippen molar-refractivity contribution >= 4 is 35.4 Å². The van der Waals surface area contributed by atoms with Crippen LogP contribution in [0.3, 0.4) is 0 Å². The molecule has 0 saturated carbocycles. The van der Waals surface area contributed by atoms with E-state index >= 15 is 0 Å². The van der Waals surface area contributed by atoms with Crippen LogP contribution in [0.25, 0.3) is 0 Å². The molecule has 15 nitrogen and oxygen atoms in total. The summed E-state index contributed by atoms with van der Waals surface area (Å²) in [6.07, 6.45) is -0.654. The van der Waals surface area contributed by atoms with E-state index in [1.54, 1.807) is 27.7 Å². The Morgan fingerprint density at radius 1 is 0.667 bits per heavy atom. The second-order valence-corrected chi connectivity index (χ2v) is 8.83. The SMILES string of the molecule is CNC(=O)[C@H](CO)NC(=O)[C@H](CO)NC(=O)[C@H](CC(N)=O)NC(=O)[C@@H](NC(=O)[C@@H](N)C(C)C)C(C)C. The van der Waals surface area contributed by atoms with E-state index < -0.39 is 91.2 Å². The zero-order chi connectivity index (χ0) is 28.2. The predicted molar refractivity (Wildman–Crippen MR) is 127 cm³/mol. The van der Waals surface area contributed by atoms with Crippen LogP contribution >= 0.6 is 0 Å². The van der Waals surface area contributed by atoms with Gasteiger partial charge in [-0.1, -0.05) is 27.7 Å². The normalized spacial score (nSPS) is 15.2. The maximum Gasteiger partial charge on any atom is 0.245 e. The molecule has 0 heterocycles. The van der Waals surface area contributed by atoms with Gasteiger partial charge in [-0.3, -0.25) is 28.8 Å². The fraction of sp³-hybridized carbons (Fsp3) is 0.714. The molecule has 0 bridgehead atoms. The van der Waals surface area contributed by atoms with Gasteiger partial charge < -0.3 is 48.3 Å². The van der Waals surface area contributed by atoms with Gasteiger partial charge in [-0.15, -0.1) is 0 Å². The number of rotatable bonds is 15. The highest BCUT2D eigenvalue weighted by atomic mass is 16.3. The van der Waals surface area contributed by atoms with Gasteiger partial charge >= 0.3 is 0 Å². The summed E-state index contributed by atoms with van der Waals surface area (Å²) in [6.45, 7) is 5.09. The molecule has 0 fully saturated rings. The summed E-state index contributed by atoms with van der Waals surface area (Å²) >= 11 is 0. The fourth-order valence-corrected chi connectivity index (χ4v) is 2.87. The lowest BCUT2D eigenvalue weighted by Crippen LogP contribution is -2.61. The first-order chi connectivity index (χ1) is 16.7. The average Bonchev–Trinajstić information content (AvgIpc) is 2.81. The molecule has 206 valence electrons. The predicted octanol–water partition coefficient (Wildman–Crippen LogP) is -4.83. The van der Waals surface area contributed by atoms with Crippen molar-refractivity contribution < 1.29 is 39.0 Å². The first kappa shape index (κ1) is 32.7. The Bertz CT molecular complexity index is 805. The Balaban J connectivity index is 5.57. The minimum absolute atomic E-state index is 0.204. The van der Waals surface area contributed by atoms with Crippen molar-refractivity contribution in [2.24, 2.45) is 23.3 Å². The second-order valence-electron chi connectivity index (χ2n) is 8.83. The lowest BCUT2D eigenvalue weighted by molar-refractivity contribution is -0.136. The van der Waals surface area contributed by atoms with Crippen molar-refractivity contribution in [1.82, 2.24) is 26.6 Å². The van der Waals surface area contributed by atoms with E-state index in [4.69, 9.17) is 11.5 Å². The van der Waals surface area contributed by atoms with Gasteiger partial charge in [0.1, 0.15) is 24.2 Å². The lowest BCUT2D eigenvalue weighted by atomic mass is 9.99. The minimum atomic E-state index is -1.59. The maximum atomic E-state index is 12.9. The highest BCUT2D eigenvalue weighted by Gasteiger charge is 2.33. The summed E-state index contributed by atoms with van der Waals surface area (Å²) in [6, 6.07) is -6.48. The number of likely N-dealkylation sites (N-methyl/N-ethyl adjacent to an activating group) is 1. The molecule has 15 heteroatoms. The van der Waals surface area contributed by atoms with Gasteiger partial charge in [0, 0.05) is 7.05 Å². The van der Waals surface area contributed by atoms with Gasteiger partial charge in [-0.05, 0) is 11.8 Å². The molecule has 6 amide bonds. The van der Waals surface area contributed by atoms with Gasteiger partial charge in [-0.2, -0.15) is 0 Å². The van der Waals surface area contributed by atoms with Gasteiger partial charge in [0.2, 0.25) is 35.4 Å². The van der Waals surface area contributed by atoms with E-state index in [0.717, 1.165) is 0 Å². The molecule has 0 spiro atoms. The van der Waals surface area contributed by atoms with Crippen LogP contribution in [0.4, 0.5) is 0 Å². The summed E-state index contributed by atoms with van der Waals surface area (Å²) in [4.78, 5) is 73.6. The van der Waals surface area contributed by atoms with Gasteiger partial charge in [0.05, 0.1) is 25.7 Å². The monoisotopic (exact) mass is 517 g/mol. The highest BCUT2D eigenvalue weighted by Crippen LogP contribution is 2.06. The second kappa shape index (κ2) is 15.6. The third-order valence-electron chi connectivity index (χ3n) is 5.18. The van der Waals surface area contributed by atoms with Crippen LogP contribution in [0.5, 0.6) is 0 Å². The van der Waals surface area contributed by atoms with E-state index in [2.05, 4.69) is 26.6 Å². The zero-order valence-electron chi connectivity index (χ0n) is 21.2. The minimum Gasteiger partial charge on any atom is -0.394 e. The number of primary amides is 1. The Kier molecular flexibility index (Phi) is 14.2. The number of amides is 6. The molecule has 0 radical (unpaired) electrons. The Labute approximate surface area is 209 Å². The van der Waals surface area contributed by atoms with Crippen molar-refractivity contribution in [3.8, 4) is 0 Å². The van der Waals surface area contributed by atoms with Crippen molar-refractivity contribution in [2.75, 3.05) is 20.3 Å². The van der Waals surface area contributed by atoms with E-state index in [-0.39, 0.29) is 5.92 Å². The summed E-state index contributed by atoms with van der Waals surface area (Å²) in [5.41, 5.74) is 11.0. The molecule has 0 aromatic rings. The van der Waals surface area contributed by atoms with Gasteiger partial charge in [0.15, 0.2) is 0 Å². The van der Waals surface area contributed by atoms with Crippen LogP contribution in [0, 0.1) is 11.8 Å². The molecule has 0 aromatic carbocycles. The number of carbonyl (C=O) groups is 6. The van der Waals surface area contributed by atoms with Crippen molar-refractivity contribution in [1.29, 1.82) is 0 Å². The van der Waals surface area contributed by atoms with Crippen molar-refractivity contribution in [3.05, 3.63) is 0 Å². The first-order valence-corrected chi connectivity index (χ1v) is 11.4. The number of hydrogen-bond acceptors (Lipinski definition) is 9. The average molecular weight is 518 g/mol. The molecule has 0 aromatic heterocycles. The van der Waals surface area contributed by atoms with Crippen molar-refractivity contribution in [2.45, 2.75) is 64.3 Å². The molecule has 36 heavy (non-hydrogen) atoms. The van der Waals surface area contributed by atoms with Gasteiger partial charge in [0.25, 0.3) is 0 Å². The molecular weight excluding hydrogens is 478 g/mol. The van der Waals surface area contributed by atoms with Crippen LogP contribution in [-0.2, 0) is 28.8 Å². The van der Waals surface area contributed by atoms with Crippen molar-refractivity contribution in [3.63, 3.8) is 0 Å². The summed E-state index contributed by atoms with van der Waals surface area (Å²) in [5, 5.41) is 30.2. The molecular formula is C21H39N7O8. The molecule has 0 aliphatic carbocycles. The molecule has 0 rings (SSSR count). The topological polar surface area (TPSA) is 255 Å². The van der Waals surface area contributed by atoms with E-state index in [0.29, 0.717) is 0 Å². The Morgan fingerprint density at radius 2 is 1.11 bits per heavy atom. The van der Waals surface area contributed by atoms with Crippen LogP contribution in [0.2, 0.25) is 0 Å².